The number of benzene rings is 1. The number of hydrogen-bond acceptors (Lipinski definition) is 3. The summed E-state index contributed by atoms with van der Waals surface area (Å²) in [4.78, 5) is 2.05. The first kappa shape index (κ1) is 17.9. The number of hydrogen-bond donors (Lipinski definition) is 2. The van der Waals surface area contributed by atoms with Gasteiger partial charge in [0.1, 0.15) is 5.82 Å². The van der Waals surface area contributed by atoms with Crippen molar-refractivity contribution in [2.24, 2.45) is 0 Å². The first-order valence-electron chi connectivity index (χ1n) is 7.77. The number of nitrogens with zero attached hydrogens (tertiary/aromatic N) is 1. The molecular formula is C17H29FN2O. The summed E-state index contributed by atoms with van der Waals surface area (Å²) in [7, 11) is 1.97. The van der Waals surface area contributed by atoms with Crippen LogP contribution in [0.2, 0.25) is 0 Å². The third kappa shape index (κ3) is 5.64. The predicted molar refractivity (Wildman–Crippen MR) is 87.3 cm³/mol. The molecule has 0 heterocycles. The molecule has 0 radical (unpaired) electrons. The van der Waals surface area contributed by atoms with Gasteiger partial charge in [0.2, 0.25) is 0 Å². The van der Waals surface area contributed by atoms with Gasteiger partial charge in [0.05, 0.1) is 6.61 Å². The SMILES string of the molecule is CCC(CO)(CCCN(C)c1cccc(F)c1)NC(C)C. The Kier molecular flexibility index (Phi) is 7.12. The fourth-order valence-corrected chi connectivity index (χ4v) is 2.70. The Hall–Kier alpha value is -1.13. The van der Waals surface area contributed by atoms with Gasteiger partial charge < -0.3 is 15.3 Å². The van der Waals surface area contributed by atoms with Crippen LogP contribution < -0.4 is 10.2 Å². The molecule has 0 saturated carbocycles. The van der Waals surface area contributed by atoms with Gasteiger partial charge in [-0.1, -0.05) is 26.8 Å². The lowest BCUT2D eigenvalue weighted by atomic mass is 9.90. The molecule has 0 aromatic heterocycles. The third-order valence-corrected chi connectivity index (χ3v) is 3.97. The zero-order valence-corrected chi connectivity index (χ0v) is 13.7. The number of halogens is 1. The lowest BCUT2D eigenvalue weighted by molar-refractivity contribution is 0.136. The molecule has 1 rings (SSSR count). The van der Waals surface area contributed by atoms with Crippen molar-refractivity contribution in [2.45, 2.75) is 51.6 Å². The molecule has 1 atom stereocenters. The first-order valence-corrected chi connectivity index (χ1v) is 7.77. The Balaban J connectivity index is 2.53. The van der Waals surface area contributed by atoms with Gasteiger partial charge in [-0.25, -0.2) is 4.39 Å². The minimum atomic E-state index is -0.211. The van der Waals surface area contributed by atoms with E-state index in [4.69, 9.17) is 0 Å². The summed E-state index contributed by atoms with van der Waals surface area (Å²) in [5.74, 6) is -0.209. The van der Waals surface area contributed by atoms with E-state index in [2.05, 4.69) is 31.0 Å². The van der Waals surface area contributed by atoms with Crippen molar-refractivity contribution in [3.05, 3.63) is 30.1 Å². The van der Waals surface area contributed by atoms with Crippen LogP contribution >= 0.6 is 0 Å². The summed E-state index contributed by atoms with van der Waals surface area (Å²) in [6.07, 6.45) is 2.74. The van der Waals surface area contributed by atoms with Gasteiger partial charge in [0.25, 0.3) is 0 Å². The van der Waals surface area contributed by atoms with E-state index in [1.54, 1.807) is 12.1 Å². The molecule has 4 heteroatoms. The highest BCUT2D eigenvalue weighted by Gasteiger charge is 2.27. The number of aliphatic hydroxyl groups is 1. The van der Waals surface area contributed by atoms with Crippen LogP contribution in [0.5, 0.6) is 0 Å². The van der Waals surface area contributed by atoms with Crippen molar-refractivity contribution in [1.82, 2.24) is 5.32 Å². The molecule has 0 aliphatic rings. The summed E-state index contributed by atoms with van der Waals surface area (Å²) in [6, 6.07) is 6.99. The van der Waals surface area contributed by atoms with Crippen molar-refractivity contribution in [3.8, 4) is 0 Å². The highest BCUT2D eigenvalue weighted by Crippen LogP contribution is 2.20. The van der Waals surface area contributed by atoms with Crippen molar-refractivity contribution < 1.29 is 9.50 Å². The van der Waals surface area contributed by atoms with Gasteiger partial charge in [-0.05, 0) is 37.5 Å². The van der Waals surface area contributed by atoms with Gasteiger partial charge in [-0.3, -0.25) is 0 Å². The van der Waals surface area contributed by atoms with E-state index in [-0.39, 0.29) is 18.0 Å². The van der Waals surface area contributed by atoms with Crippen LogP contribution in [0.15, 0.2) is 24.3 Å². The second kappa shape index (κ2) is 8.35. The molecule has 0 aliphatic carbocycles. The molecule has 21 heavy (non-hydrogen) atoms. The normalized spacial score (nSPS) is 14.2. The van der Waals surface area contributed by atoms with Crippen LogP contribution in [-0.2, 0) is 0 Å². The zero-order chi connectivity index (χ0) is 15.9. The maximum Gasteiger partial charge on any atom is 0.125 e. The van der Waals surface area contributed by atoms with Gasteiger partial charge >= 0.3 is 0 Å². The van der Waals surface area contributed by atoms with E-state index in [0.29, 0.717) is 6.04 Å². The van der Waals surface area contributed by atoms with E-state index in [9.17, 15) is 9.50 Å². The van der Waals surface area contributed by atoms with Crippen LogP contribution in [0.25, 0.3) is 0 Å². The lowest BCUT2D eigenvalue weighted by Crippen LogP contribution is -2.51. The average Bonchev–Trinajstić information content (AvgIpc) is 2.45. The lowest BCUT2D eigenvalue weighted by Gasteiger charge is -2.35. The van der Waals surface area contributed by atoms with Gasteiger partial charge in [0, 0.05) is 30.9 Å². The smallest absolute Gasteiger partial charge is 0.125 e. The van der Waals surface area contributed by atoms with E-state index < -0.39 is 0 Å². The molecule has 2 N–H and O–H groups in total. The number of anilines is 1. The molecule has 1 aromatic carbocycles. The molecule has 0 amide bonds. The minimum absolute atomic E-state index is 0.144. The molecule has 0 fully saturated rings. The largest absolute Gasteiger partial charge is 0.394 e. The molecule has 1 aromatic rings. The molecule has 1 unspecified atom stereocenters. The second-order valence-electron chi connectivity index (χ2n) is 6.10. The Labute approximate surface area is 128 Å². The van der Waals surface area contributed by atoms with E-state index in [1.807, 2.05) is 13.1 Å². The van der Waals surface area contributed by atoms with Crippen molar-refractivity contribution >= 4 is 5.69 Å². The van der Waals surface area contributed by atoms with Crippen LogP contribution in [0, 0.1) is 5.82 Å². The van der Waals surface area contributed by atoms with Gasteiger partial charge in [-0.15, -0.1) is 0 Å². The third-order valence-electron chi connectivity index (χ3n) is 3.97. The van der Waals surface area contributed by atoms with Crippen molar-refractivity contribution in [1.29, 1.82) is 0 Å². The second-order valence-corrected chi connectivity index (χ2v) is 6.10. The summed E-state index contributed by atoms with van der Waals surface area (Å²) < 4.78 is 13.2. The zero-order valence-electron chi connectivity index (χ0n) is 13.7. The quantitative estimate of drug-likeness (QED) is 0.734. The highest BCUT2D eigenvalue weighted by molar-refractivity contribution is 5.45. The fraction of sp³-hybridized carbons (Fsp3) is 0.647. The summed E-state index contributed by atoms with van der Waals surface area (Å²) in [6.45, 7) is 7.27. The summed E-state index contributed by atoms with van der Waals surface area (Å²) >= 11 is 0. The standard InChI is InChI=1S/C17H29FN2O/c1-5-17(13-21,19-14(2)3)10-7-11-20(4)16-9-6-8-15(18)12-16/h6,8-9,12,14,19,21H,5,7,10-11,13H2,1-4H3. The van der Waals surface area contributed by atoms with E-state index in [0.717, 1.165) is 31.5 Å². The maximum atomic E-state index is 13.2. The molecular weight excluding hydrogens is 267 g/mol. The molecule has 120 valence electrons. The Bertz CT molecular complexity index is 419. The maximum absolute atomic E-state index is 13.2. The monoisotopic (exact) mass is 296 g/mol. The van der Waals surface area contributed by atoms with Gasteiger partial charge in [-0.2, -0.15) is 0 Å². The number of aliphatic hydroxyl groups excluding tert-OH is 1. The molecule has 3 nitrogen and oxygen atoms in total. The van der Waals surface area contributed by atoms with Crippen LogP contribution in [0.3, 0.4) is 0 Å². The number of rotatable bonds is 9. The van der Waals surface area contributed by atoms with E-state index in [1.165, 1.54) is 6.07 Å². The topological polar surface area (TPSA) is 35.5 Å². The predicted octanol–water partition coefficient (Wildman–Crippen LogP) is 3.18. The van der Waals surface area contributed by atoms with Gasteiger partial charge in [0.15, 0.2) is 0 Å². The van der Waals surface area contributed by atoms with Crippen LogP contribution in [-0.4, -0.2) is 36.9 Å². The first-order chi connectivity index (χ1) is 9.92. The molecule has 0 aliphatic heterocycles. The fourth-order valence-electron chi connectivity index (χ4n) is 2.70. The highest BCUT2D eigenvalue weighted by atomic mass is 19.1. The van der Waals surface area contributed by atoms with Crippen molar-refractivity contribution in [3.63, 3.8) is 0 Å². The molecule has 0 saturated heterocycles. The van der Waals surface area contributed by atoms with Crippen molar-refractivity contribution in [2.75, 3.05) is 25.1 Å². The Morgan fingerprint density at radius 1 is 1.38 bits per heavy atom. The Morgan fingerprint density at radius 2 is 2.10 bits per heavy atom. The minimum Gasteiger partial charge on any atom is -0.394 e. The Morgan fingerprint density at radius 3 is 2.62 bits per heavy atom. The summed E-state index contributed by atoms with van der Waals surface area (Å²) in [5, 5.41) is 13.2. The van der Waals surface area contributed by atoms with E-state index >= 15 is 0 Å². The molecule has 0 spiro atoms. The van der Waals surface area contributed by atoms with Crippen LogP contribution in [0.1, 0.15) is 40.0 Å². The average molecular weight is 296 g/mol. The number of nitrogens with one attached hydrogen (secondary N) is 1. The summed E-state index contributed by atoms with van der Waals surface area (Å²) in [5.41, 5.74) is 0.676. The van der Waals surface area contributed by atoms with Crippen LogP contribution in [0.4, 0.5) is 10.1 Å². The molecule has 0 bridgehead atoms.